The van der Waals surface area contributed by atoms with Crippen LogP contribution in [0, 0.1) is 0 Å². The molecule has 1 aliphatic rings. The van der Waals surface area contributed by atoms with Crippen molar-refractivity contribution < 1.29 is 9.84 Å². The standard InChI is InChI=1S/C14H18N2O2/c17-14(5-7-18-10-14)9-15-8-11-2-1-3-13-12(11)4-6-16-13/h1-4,6,15-17H,5,7-10H2. The first-order valence-electron chi connectivity index (χ1n) is 6.33. The van der Waals surface area contributed by atoms with E-state index in [0.29, 0.717) is 26.2 Å². The van der Waals surface area contributed by atoms with E-state index in [-0.39, 0.29) is 0 Å². The molecule has 2 heterocycles. The lowest BCUT2D eigenvalue weighted by atomic mass is 10.0. The van der Waals surface area contributed by atoms with Crippen molar-refractivity contribution in [2.45, 2.75) is 18.6 Å². The number of hydrogen-bond acceptors (Lipinski definition) is 3. The molecule has 1 aromatic carbocycles. The van der Waals surface area contributed by atoms with Crippen LogP contribution in [-0.4, -0.2) is 35.5 Å². The van der Waals surface area contributed by atoms with Gasteiger partial charge in [0.05, 0.1) is 6.61 Å². The van der Waals surface area contributed by atoms with Gasteiger partial charge in [-0.3, -0.25) is 0 Å². The Labute approximate surface area is 106 Å². The molecular weight excluding hydrogens is 228 g/mol. The monoisotopic (exact) mass is 246 g/mol. The van der Waals surface area contributed by atoms with E-state index in [2.05, 4.69) is 28.5 Å². The van der Waals surface area contributed by atoms with Gasteiger partial charge in [0.25, 0.3) is 0 Å². The zero-order chi connectivity index (χ0) is 12.4. The fraction of sp³-hybridized carbons (Fsp3) is 0.429. The summed E-state index contributed by atoms with van der Waals surface area (Å²) in [5, 5.41) is 14.7. The fourth-order valence-corrected chi connectivity index (χ4v) is 2.47. The molecular formula is C14H18N2O2. The Bertz CT molecular complexity index is 529. The van der Waals surface area contributed by atoms with Crippen molar-refractivity contribution in [2.24, 2.45) is 0 Å². The maximum Gasteiger partial charge on any atom is 0.102 e. The van der Waals surface area contributed by atoms with Crippen LogP contribution in [-0.2, 0) is 11.3 Å². The average Bonchev–Trinajstić information content (AvgIpc) is 2.98. The molecule has 1 fully saturated rings. The Kier molecular flexibility index (Phi) is 3.07. The van der Waals surface area contributed by atoms with E-state index in [1.54, 1.807) is 0 Å². The molecule has 0 amide bonds. The zero-order valence-electron chi connectivity index (χ0n) is 10.3. The van der Waals surface area contributed by atoms with Crippen LogP contribution < -0.4 is 5.32 Å². The summed E-state index contributed by atoms with van der Waals surface area (Å²) in [6.45, 7) is 2.44. The second-order valence-corrected chi connectivity index (χ2v) is 4.99. The minimum Gasteiger partial charge on any atom is -0.386 e. The predicted octanol–water partition coefficient (Wildman–Crippen LogP) is 1.41. The van der Waals surface area contributed by atoms with Crippen LogP contribution in [0.25, 0.3) is 10.9 Å². The molecule has 1 atom stereocenters. The average molecular weight is 246 g/mol. The van der Waals surface area contributed by atoms with Gasteiger partial charge < -0.3 is 20.1 Å². The first-order chi connectivity index (χ1) is 8.77. The second-order valence-electron chi connectivity index (χ2n) is 4.99. The number of nitrogens with one attached hydrogen (secondary N) is 2. The molecule has 1 saturated heterocycles. The van der Waals surface area contributed by atoms with Crippen LogP contribution in [0.5, 0.6) is 0 Å². The molecule has 2 aromatic rings. The number of ether oxygens (including phenoxy) is 1. The predicted molar refractivity (Wildman–Crippen MR) is 70.4 cm³/mol. The Morgan fingerprint density at radius 2 is 2.33 bits per heavy atom. The molecule has 3 rings (SSSR count). The number of aliphatic hydroxyl groups is 1. The van der Waals surface area contributed by atoms with E-state index >= 15 is 0 Å². The van der Waals surface area contributed by atoms with Crippen LogP contribution >= 0.6 is 0 Å². The van der Waals surface area contributed by atoms with Crippen LogP contribution in [0.1, 0.15) is 12.0 Å². The number of benzene rings is 1. The molecule has 3 N–H and O–H groups in total. The van der Waals surface area contributed by atoms with E-state index in [1.807, 2.05) is 12.3 Å². The summed E-state index contributed by atoms with van der Waals surface area (Å²) in [7, 11) is 0. The molecule has 96 valence electrons. The third-order valence-corrected chi connectivity index (χ3v) is 3.54. The smallest absolute Gasteiger partial charge is 0.102 e. The molecule has 0 spiro atoms. The summed E-state index contributed by atoms with van der Waals surface area (Å²) in [6, 6.07) is 8.30. The molecule has 0 radical (unpaired) electrons. The number of rotatable bonds is 4. The van der Waals surface area contributed by atoms with Crippen molar-refractivity contribution in [2.75, 3.05) is 19.8 Å². The zero-order valence-corrected chi connectivity index (χ0v) is 10.3. The van der Waals surface area contributed by atoms with Crippen molar-refractivity contribution in [3.8, 4) is 0 Å². The van der Waals surface area contributed by atoms with Crippen LogP contribution in [0.2, 0.25) is 0 Å². The lowest BCUT2D eigenvalue weighted by molar-refractivity contribution is 0.0269. The molecule has 1 aliphatic heterocycles. The van der Waals surface area contributed by atoms with E-state index in [1.165, 1.54) is 10.9 Å². The summed E-state index contributed by atoms with van der Waals surface area (Å²) in [5.74, 6) is 0. The first-order valence-corrected chi connectivity index (χ1v) is 6.33. The van der Waals surface area contributed by atoms with Gasteiger partial charge >= 0.3 is 0 Å². The van der Waals surface area contributed by atoms with E-state index in [4.69, 9.17) is 4.74 Å². The highest BCUT2D eigenvalue weighted by molar-refractivity contribution is 5.82. The van der Waals surface area contributed by atoms with Crippen LogP contribution in [0.3, 0.4) is 0 Å². The molecule has 0 aliphatic carbocycles. The molecule has 18 heavy (non-hydrogen) atoms. The van der Waals surface area contributed by atoms with Gasteiger partial charge in [0.1, 0.15) is 5.60 Å². The SMILES string of the molecule is OC1(CNCc2cccc3[nH]ccc23)CCOC1. The summed E-state index contributed by atoms with van der Waals surface area (Å²) in [4.78, 5) is 3.20. The Balaban J connectivity index is 1.64. The summed E-state index contributed by atoms with van der Waals surface area (Å²) in [5.41, 5.74) is 1.71. The minimum absolute atomic E-state index is 0.439. The number of fused-ring (bicyclic) bond motifs is 1. The first kappa shape index (κ1) is 11.7. The molecule has 4 heteroatoms. The van der Waals surface area contributed by atoms with Gasteiger partial charge in [0, 0.05) is 43.2 Å². The number of aromatic nitrogens is 1. The van der Waals surface area contributed by atoms with Gasteiger partial charge in [-0.15, -0.1) is 0 Å². The van der Waals surface area contributed by atoms with Gasteiger partial charge in [0.2, 0.25) is 0 Å². The number of hydrogen-bond donors (Lipinski definition) is 3. The lowest BCUT2D eigenvalue weighted by Gasteiger charge is -2.20. The summed E-state index contributed by atoms with van der Waals surface area (Å²) < 4.78 is 5.23. The topological polar surface area (TPSA) is 57.3 Å². The van der Waals surface area contributed by atoms with Gasteiger partial charge in [0.15, 0.2) is 0 Å². The second kappa shape index (κ2) is 4.72. The Morgan fingerprint density at radius 1 is 1.39 bits per heavy atom. The molecule has 4 nitrogen and oxygen atoms in total. The van der Waals surface area contributed by atoms with Crippen molar-refractivity contribution in [1.82, 2.24) is 10.3 Å². The van der Waals surface area contributed by atoms with E-state index < -0.39 is 5.60 Å². The Hall–Kier alpha value is -1.36. The normalized spacial score (nSPS) is 23.8. The molecule has 0 bridgehead atoms. The van der Waals surface area contributed by atoms with E-state index in [0.717, 1.165) is 12.1 Å². The maximum absolute atomic E-state index is 10.1. The Morgan fingerprint density at radius 3 is 3.17 bits per heavy atom. The minimum atomic E-state index is -0.688. The number of aromatic amines is 1. The van der Waals surface area contributed by atoms with Crippen LogP contribution in [0.15, 0.2) is 30.5 Å². The molecule has 0 saturated carbocycles. The summed E-state index contributed by atoms with van der Waals surface area (Å²) >= 11 is 0. The van der Waals surface area contributed by atoms with Gasteiger partial charge in [-0.1, -0.05) is 12.1 Å². The molecule has 1 aromatic heterocycles. The van der Waals surface area contributed by atoms with Crippen LogP contribution in [0.4, 0.5) is 0 Å². The van der Waals surface area contributed by atoms with Gasteiger partial charge in [-0.05, 0) is 17.7 Å². The molecule has 1 unspecified atom stereocenters. The third kappa shape index (κ3) is 2.27. The largest absolute Gasteiger partial charge is 0.386 e. The summed E-state index contributed by atoms with van der Waals surface area (Å²) in [6.07, 6.45) is 2.67. The van der Waals surface area contributed by atoms with E-state index in [9.17, 15) is 5.11 Å². The van der Waals surface area contributed by atoms with Gasteiger partial charge in [-0.25, -0.2) is 0 Å². The third-order valence-electron chi connectivity index (χ3n) is 3.54. The fourth-order valence-electron chi connectivity index (χ4n) is 2.47. The van der Waals surface area contributed by atoms with Crippen molar-refractivity contribution in [3.63, 3.8) is 0 Å². The maximum atomic E-state index is 10.1. The highest BCUT2D eigenvalue weighted by atomic mass is 16.5. The van der Waals surface area contributed by atoms with Gasteiger partial charge in [-0.2, -0.15) is 0 Å². The number of H-pyrrole nitrogens is 1. The quantitative estimate of drug-likeness (QED) is 0.764. The lowest BCUT2D eigenvalue weighted by Crippen LogP contribution is -2.40. The highest BCUT2D eigenvalue weighted by Crippen LogP contribution is 2.19. The van der Waals surface area contributed by atoms with Crippen molar-refractivity contribution in [1.29, 1.82) is 0 Å². The van der Waals surface area contributed by atoms with Crippen molar-refractivity contribution >= 4 is 10.9 Å². The highest BCUT2D eigenvalue weighted by Gasteiger charge is 2.31. The van der Waals surface area contributed by atoms with Crippen molar-refractivity contribution in [3.05, 3.63) is 36.0 Å².